The number of ether oxygens (including phenoxy) is 2. The molecule has 1 heterocycles. The van der Waals surface area contributed by atoms with Gasteiger partial charge in [0.05, 0.1) is 0 Å². The molecule has 3 heteroatoms. The lowest BCUT2D eigenvalue weighted by molar-refractivity contribution is 0.0890. The van der Waals surface area contributed by atoms with Gasteiger partial charge in [0.15, 0.2) is 11.5 Å². The first-order chi connectivity index (χ1) is 7.25. The Morgan fingerprint density at radius 3 is 2.80 bits per heavy atom. The van der Waals surface area contributed by atoms with Crippen LogP contribution < -0.4 is 14.8 Å². The average molecular weight is 207 g/mol. The lowest BCUT2D eigenvalue weighted by Gasteiger charge is -2.27. The third-order valence-corrected chi connectivity index (χ3v) is 2.32. The molecule has 2 rings (SSSR count). The summed E-state index contributed by atoms with van der Waals surface area (Å²) in [5.41, 5.74) is 0. The summed E-state index contributed by atoms with van der Waals surface area (Å²) in [6.45, 7) is 5.69. The fraction of sp³-hybridized carbons (Fsp3) is 0.500. The Hall–Kier alpha value is -1.22. The molecule has 1 N–H and O–H groups in total. The third kappa shape index (κ3) is 2.63. The largest absolute Gasteiger partial charge is 0.486 e. The topological polar surface area (TPSA) is 30.5 Å². The van der Waals surface area contributed by atoms with E-state index in [2.05, 4.69) is 19.2 Å². The molecule has 1 atom stereocenters. The van der Waals surface area contributed by atoms with Crippen LogP contribution in [0.2, 0.25) is 0 Å². The van der Waals surface area contributed by atoms with Crippen LogP contribution in [0.15, 0.2) is 24.3 Å². The highest BCUT2D eigenvalue weighted by atomic mass is 16.6. The Bertz CT molecular complexity index is 325. The molecule has 0 bridgehead atoms. The SMILES string of the molecule is CC(C)NC[C@H]1COc2ccccc2O1. The normalized spacial score (nSPS) is 19.3. The lowest BCUT2D eigenvalue weighted by atomic mass is 10.2. The van der Waals surface area contributed by atoms with Gasteiger partial charge < -0.3 is 14.8 Å². The maximum Gasteiger partial charge on any atom is 0.161 e. The van der Waals surface area contributed by atoms with E-state index in [-0.39, 0.29) is 6.10 Å². The van der Waals surface area contributed by atoms with E-state index >= 15 is 0 Å². The number of fused-ring (bicyclic) bond motifs is 1. The van der Waals surface area contributed by atoms with Crippen LogP contribution in [0.4, 0.5) is 0 Å². The predicted molar refractivity (Wildman–Crippen MR) is 59.5 cm³/mol. The molecule has 1 aromatic rings. The minimum Gasteiger partial charge on any atom is -0.486 e. The summed E-state index contributed by atoms with van der Waals surface area (Å²) in [5, 5.41) is 3.34. The van der Waals surface area contributed by atoms with Gasteiger partial charge in [-0.25, -0.2) is 0 Å². The van der Waals surface area contributed by atoms with E-state index in [1.165, 1.54) is 0 Å². The molecule has 0 aromatic heterocycles. The lowest BCUT2D eigenvalue weighted by Crippen LogP contribution is -2.40. The summed E-state index contributed by atoms with van der Waals surface area (Å²) in [7, 11) is 0. The zero-order chi connectivity index (χ0) is 10.7. The second-order valence-corrected chi connectivity index (χ2v) is 4.06. The monoisotopic (exact) mass is 207 g/mol. The van der Waals surface area contributed by atoms with Crippen molar-refractivity contribution in [2.45, 2.75) is 26.0 Å². The van der Waals surface area contributed by atoms with Crippen molar-refractivity contribution in [2.24, 2.45) is 0 Å². The van der Waals surface area contributed by atoms with Crippen molar-refractivity contribution in [1.82, 2.24) is 5.32 Å². The van der Waals surface area contributed by atoms with Gasteiger partial charge in [0.2, 0.25) is 0 Å². The molecule has 0 fully saturated rings. The van der Waals surface area contributed by atoms with Gasteiger partial charge in [-0.05, 0) is 12.1 Å². The number of rotatable bonds is 3. The molecule has 1 aliphatic heterocycles. The van der Waals surface area contributed by atoms with Crippen LogP contribution in [0.25, 0.3) is 0 Å². The van der Waals surface area contributed by atoms with Gasteiger partial charge in [-0.15, -0.1) is 0 Å². The first-order valence-electron chi connectivity index (χ1n) is 5.37. The zero-order valence-electron chi connectivity index (χ0n) is 9.19. The molecule has 1 aromatic carbocycles. The Balaban J connectivity index is 1.94. The van der Waals surface area contributed by atoms with E-state index in [0.717, 1.165) is 18.0 Å². The summed E-state index contributed by atoms with van der Waals surface area (Å²) in [5.74, 6) is 1.69. The van der Waals surface area contributed by atoms with Crippen molar-refractivity contribution in [3.05, 3.63) is 24.3 Å². The molecule has 0 saturated carbocycles. The van der Waals surface area contributed by atoms with Crippen LogP contribution in [0, 0.1) is 0 Å². The van der Waals surface area contributed by atoms with Gasteiger partial charge >= 0.3 is 0 Å². The highest BCUT2D eigenvalue weighted by Crippen LogP contribution is 2.30. The first kappa shape index (κ1) is 10.3. The molecule has 0 aliphatic carbocycles. The molecular formula is C12H17NO2. The van der Waals surface area contributed by atoms with E-state index in [1.807, 2.05) is 24.3 Å². The predicted octanol–water partition coefficient (Wildman–Crippen LogP) is 1.82. The van der Waals surface area contributed by atoms with E-state index < -0.39 is 0 Å². The summed E-state index contributed by atoms with van der Waals surface area (Å²) >= 11 is 0. The van der Waals surface area contributed by atoms with Crippen molar-refractivity contribution >= 4 is 0 Å². The second-order valence-electron chi connectivity index (χ2n) is 4.06. The van der Waals surface area contributed by atoms with Crippen LogP contribution in [-0.4, -0.2) is 25.3 Å². The number of benzene rings is 1. The number of para-hydroxylation sites is 2. The molecule has 0 amide bonds. The molecule has 15 heavy (non-hydrogen) atoms. The van der Waals surface area contributed by atoms with E-state index in [0.29, 0.717) is 12.6 Å². The Morgan fingerprint density at radius 2 is 2.07 bits per heavy atom. The summed E-state index contributed by atoms with van der Waals surface area (Å²) in [4.78, 5) is 0. The van der Waals surface area contributed by atoms with Crippen LogP contribution >= 0.6 is 0 Å². The van der Waals surface area contributed by atoms with Crippen LogP contribution in [0.5, 0.6) is 11.5 Å². The van der Waals surface area contributed by atoms with Gasteiger partial charge in [0.1, 0.15) is 12.7 Å². The van der Waals surface area contributed by atoms with Crippen molar-refractivity contribution in [3.63, 3.8) is 0 Å². The smallest absolute Gasteiger partial charge is 0.161 e. The summed E-state index contributed by atoms with van der Waals surface area (Å²) in [6, 6.07) is 8.26. The van der Waals surface area contributed by atoms with Gasteiger partial charge in [-0.3, -0.25) is 0 Å². The summed E-state index contributed by atoms with van der Waals surface area (Å²) < 4.78 is 11.4. The fourth-order valence-electron chi connectivity index (χ4n) is 1.53. The maximum atomic E-state index is 5.79. The van der Waals surface area contributed by atoms with Crippen LogP contribution in [0.1, 0.15) is 13.8 Å². The molecule has 3 nitrogen and oxygen atoms in total. The van der Waals surface area contributed by atoms with E-state index in [1.54, 1.807) is 0 Å². The van der Waals surface area contributed by atoms with Gasteiger partial charge in [0, 0.05) is 12.6 Å². The van der Waals surface area contributed by atoms with E-state index in [4.69, 9.17) is 9.47 Å². The Kier molecular flexibility index (Phi) is 3.11. The maximum absolute atomic E-state index is 5.79. The molecule has 82 valence electrons. The Labute approximate surface area is 90.4 Å². The van der Waals surface area contributed by atoms with Crippen LogP contribution in [-0.2, 0) is 0 Å². The summed E-state index contributed by atoms with van der Waals surface area (Å²) in [6.07, 6.45) is 0.113. The highest BCUT2D eigenvalue weighted by Gasteiger charge is 2.19. The average Bonchev–Trinajstić information content (AvgIpc) is 2.26. The Morgan fingerprint density at radius 1 is 1.33 bits per heavy atom. The number of hydrogen-bond donors (Lipinski definition) is 1. The standard InChI is InChI=1S/C12H17NO2/c1-9(2)13-7-10-8-14-11-5-3-4-6-12(11)15-10/h3-6,9-10,13H,7-8H2,1-2H3/t10-/m0/s1. The number of nitrogens with one attached hydrogen (secondary N) is 1. The molecular weight excluding hydrogens is 190 g/mol. The first-order valence-corrected chi connectivity index (χ1v) is 5.37. The minimum atomic E-state index is 0.113. The van der Waals surface area contributed by atoms with Crippen LogP contribution in [0.3, 0.4) is 0 Å². The van der Waals surface area contributed by atoms with Crippen molar-refractivity contribution < 1.29 is 9.47 Å². The third-order valence-electron chi connectivity index (χ3n) is 2.32. The second kappa shape index (κ2) is 4.53. The highest BCUT2D eigenvalue weighted by molar-refractivity contribution is 5.40. The quantitative estimate of drug-likeness (QED) is 0.820. The minimum absolute atomic E-state index is 0.113. The fourth-order valence-corrected chi connectivity index (χ4v) is 1.53. The molecule has 1 aliphatic rings. The zero-order valence-corrected chi connectivity index (χ0v) is 9.19. The van der Waals surface area contributed by atoms with Crippen molar-refractivity contribution in [1.29, 1.82) is 0 Å². The van der Waals surface area contributed by atoms with Crippen molar-refractivity contribution in [2.75, 3.05) is 13.2 Å². The number of hydrogen-bond acceptors (Lipinski definition) is 3. The molecule has 0 unspecified atom stereocenters. The molecule has 0 spiro atoms. The van der Waals surface area contributed by atoms with Gasteiger partial charge in [0.25, 0.3) is 0 Å². The molecule has 0 radical (unpaired) electrons. The van der Waals surface area contributed by atoms with Gasteiger partial charge in [-0.2, -0.15) is 0 Å². The van der Waals surface area contributed by atoms with Crippen molar-refractivity contribution in [3.8, 4) is 11.5 Å². The van der Waals surface area contributed by atoms with Gasteiger partial charge in [-0.1, -0.05) is 26.0 Å². The molecule has 0 saturated heterocycles. The van der Waals surface area contributed by atoms with E-state index in [9.17, 15) is 0 Å².